The summed E-state index contributed by atoms with van der Waals surface area (Å²) < 4.78 is 12.4. The van der Waals surface area contributed by atoms with E-state index in [4.69, 9.17) is 14.1 Å². The van der Waals surface area contributed by atoms with Crippen LogP contribution in [-0.4, -0.2) is 57.4 Å². The summed E-state index contributed by atoms with van der Waals surface area (Å²) >= 11 is 0. The molecule has 0 aliphatic carbocycles. The second kappa shape index (κ2) is 8.79. The molecule has 1 N–H and O–H groups in total. The molecule has 2 amide bonds. The van der Waals surface area contributed by atoms with Crippen LogP contribution in [0.5, 0.6) is 0 Å². The van der Waals surface area contributed by atoms with Gasteiger partial charge >= 0.3 is 6.09 Å². The number of furan rings is 1. The highest BCUT2D eigenvalue weighted by atomic mass is 16.6. The van der Waals surface area contributed by atoms with Crippen LogP contribution >= 0.6 is 0 Å². The minimum Gasteiger partial charge on any atom is -0.463 e. The van der Waals surface area contributed by atoms with E-state index in [1.165, 1.54) is 0 Å². The lowest BCUT2D eigenvalue weighted by Gasteiger charge is -2.31. The molecule has 0 aromatic carbocycles. The van der Waals surface area contributed by atoms with E-state index < -0.39 is 0 Å². The minimum atomic E-state index is -0.299. The quantitative estimate of drug-likeness (QED) is 0.670. The van der Waals surface area contributed by atoms with E-state index >= 15 is 0 Å². The van der Waals surface area contributed by atoms with Crippen LogP contribution in [0.2, 0.25) is 0 Å². The lowest BCUT2D eigenvalue weighted by Crippen LogP contribution is -2.46. The van der Waals surface area contributed by atoms with Crippen molar-refractivity contribution >= 4 is 23.0 Å². The van der Waals surface area contributed by atoms with E-state index in [0.29, 0.717) is 60.6 Å². The van der Waals surface area contributed by atoms with Gasteiger partial charge in [-0.2, -0.15) is 5.10 Å². The molecule has 9 nitrogen and oxygen atoms in total. The second-order valence-electron chi connectivity index (χ2n) is 7.89. The number of hydrogen-bond acceptors (Lipinski definition) is 6. The van der Waals surface area contributed by atoms with Gasteiger partial charge in [-0.15, -0.1) is 0 Å². The maximum atomic E-state index is 13.2. The van der Waals surface area contributed by atoms with Crippen molar-refractivity contribution in [2.24, 2.45) is 0 Å². The third-order valence-corrected chi connectivity index (χ3v) is 5.43. The zero-order valence-corrected chi connectivity index (χ0v) is 18.0. The van der Waals surface area contributed by atoms with Crippen molar-refractivity contribution in [3.8, 4) is 11.5 Å². The van der Waals surface area contributed by atoms with E-state index in [1.54, 1.807) is 41.1 Å². The summed E-state index contributed by atoms with van der Waals surface area (Å²) in [5.74, 6) is 0.410. The van der Waals surface area contributed by atoms with E-state index in [-0.39, 0.29) is 24.1 Å². The number of carbonyl (C=O) groups excluding carboxylic acids is 2. The molecule has 1 aliphatic rings. The van der Waals surface area contributed by atoms with Gasteiger partial charge < -0.3 is 19.4 Å². The van der Waals surface area contributed by atoms with Crippen molar-refractivity contribution in [3.63, 3.8) is 0 Å². The molecule has 31 heavy (non-hydrogen) atoms. The molecule has 4 rings (SSSR count). The molecule has 0 radical (unpaired) electrons. The number of carbonyl (C=O) groups is 2. The molecule has 0 saturated carbocycles. The average molecular weight is 425 g/mol. The van der Waals surface area contributed by atoms with E-state index in [1.807, 2.05) is 19.9 Å². The summed E-state index contributed by atoms with van der Waals surface area (Å²) in [5, 5.41) is 8.26. The predicted octanol–water partition coefficient (Wildman–Crippen LogP) is 3.62. The smallest absolute Gasteiger partial charge is 0.409 e. The standard InChI is InChI=1S/C22H27N5O4/c1-4-30-22(29)26-9-7-15(8-10-26)24-21(28)16-12-18(19-6-5-11-31-19)25-20-17(16)13-23-27(20)14(2)3/h5-6,11-15H,4,7-10H2,1-3H3,(H,24,28). The highest BCUT2D eigenvalue weighted by molar-refractivity contribution is 6.06. The Kier molecular flexibility index (Phi) is 5.92. The topological polar surface area (TPSA) is 102 Å². The van der Waals surface area contributed by atoms with Gasteiger partial charge in [0, 0.05) is 25.2 Å². The highest BCUT2D eigenvalue weighted by Gasteiger charge is 2.26. The van der Waals surface area contributed by atoms with Crippen LogP contribution < -0.4 is 5.32 Å². The van der Waals surface area contributed by atoms with Gasteiger partial charge in [0.25, 0.3) is 5.91 Å². The van der Waals surface area contributed by atoms with E-state index in [2.05, 4.69) is 10.4 Å². The molecular formula is C22H27N5O4. The van der Waals surface area contributed by atoms with Gasteiger partial charge in [-0.25, -0.2) is 14.5 Å². The van der Waals surface area contributed by atoms with Crippen molar-refractivity contribution < 1.29 is 18.7 Å². The van der Waals surface area contributed by atoms with Gasteiger partial charge in [-0.1, -0.05) is 0 Å². The monoisotopic (exact) mass is 425 g/mol. The zero-order chi connectivity index (χ0) is 22.0. The van der Waals surface area contributed by atoms with E-state index in [9.17, 15) is 9.59 Å². The Morgan fingerprint density at radius 1 is 1.32 bits per heavy atom. The number of ether oxygens (including phenoxy) is 1. The van der Waals surface area contributed by atoms with Crippen molar-refractivity contribution in [2.75, 3.05) is 19.7 Å². The first-order valence-electron chi connectivity index (χ1n) is 10.6. The molecule has 3 aromatic heterocycles. The van der Waals surface area contributed by atoms with Crippen molar-refractivity contribution in [3.05, 3.63) is 36.2 Å². The molecule has 1 aliphatic heterocycles. The van der Waals surface area contributed by atoms with Gasteiger partial charge in [0.1, 0.15) is 5.69 Å². The summed E-state index contributed by atoms with van der Waals surface area (Å²) in [5.41, 5.74) is 1.74. The molecule has 0 unspecified atom stereocenters. The number of aromatic nitrogens is 3. The molecule has 0 atom stereocenters. The van der Waals surface area contributed by atoms with Crippen LogP contribution in [0.25, 0.3) is 22.5 Å². The highest BCUT2D eigenvalue weighted by Crippen LogP contribution is 2.27. The first-order chi connectivity index (χ1) is 15.0. The van der Waals surface area contributed by atoms with Crippen molar-refractivity contribution in [1.29, 1.82) is 0 Å². The Hall–Kier alpha value is -3.36. The molecule has 1 saturated heterocycles. The Bertz CT molecular complexity index is 1070. The number of nitrogens with one attached hydrogen (secondary N) is 1. The number of piperidine rings is 1. The van der Waals surface area contributed by atoms with Crippen LogP contribution in [0.1, 0.15) is 50.0 Å². The normalized spacial score (nSPS) is 14.9. The van der Waals surface area contributed by atoms with E-state index in [0.717, 1.165) is 0 Å². The molecular weight excluding hydrogens is 398 g/mol. The van der Waals surface area contributed by atoms with Gasteiger partial charge in [-0.3, -0.25) is 4.79 Å². The van der Waals surface area contributed by atoms with Gasteiger partial charge in [0.15, 0.2) is 11.4 Å². The average Bonchev–Trinajstić information content (AvgIpc) is 3.43. The fourth-order valence-electron chi connectivity index (χ4n) is 3.82. The molecule has 1 fully saturated rings. The molecule has 9 heteroatoms. The molecule has 0 spiro atoms. The number of hydrogen-bond donors (Lipinski definition) is 1. The lowest BCUT2D eigenvalue weighted by molar-refractivity contribution is 0.0861. The number of amides is 2. The number of nitrogens with zero attached hydrogens (tertiary/aromatic N) is 4. The first-order valence-corrected chi connectivity index (χ1v) is 10.6. The molecule has 0 bridgehead atoms. The lowest BCUT2D eigenvalue weighted by atomic mass is 10.0. The SMILES string of the molecule is CCOC(=O)N1CCC(NC(=O)c2cc(-c3ccco3)nc3c2cnn3C(C)C)CC1. The number of likely N-dealkylation sites (tertiary alicyclic amines) is 1. The van der Waals surface area contributed by atoms with Gasteiger partial charge in [0.05, 0.1) is 30.0 Å². The van der Waals surface area contributed by atoms with Crippen LogP contribution in [0.3, 0.4) is 0 Å². The number of pyridine rings is 1. The summed E-state index contributed by atoms with van der Waals surface area (Å²) in [7, 11) is 0. The summed E-state index contributed by atoms with van der Waals surface area (Å²) in [6.07, 6.45) is 4.32. The number of rotatable bonds is 5. The van der Waals surface area contributed by atoms with Crippen molar-refractivity contribution in [1.82, 2.24) is 25.0 Å². The maximum absolute atomic E-state index is 13.2. The Labute approximate surface area is 180 Å². The Morgan fingerprint density at radius 3 is 2.74 bits per heavy atom. The first kappa shape index (κ1) is 20.9. The third kappa shape index (κ3) is 4.26. The summed E-state index contributed by atoms with van der Waals surface area (Å²) in [4.78, 5) is 31.5. The Balaban J connectivity index is 1.57. The summed E-state index contributed by atoms with van der Waals surface area (Å²) in [6, 6.07) is 5.43. The molecule has 4 heterocycles. The summed E-state index contributed by atoms with van der Waals surface area (Å²) in [6.45, 7) is 7.29. The largest absolute Gasteiger partial charge is 0.463 e. The predicted molar refractivity (Wildman–Crippen MR) is 115 cm³/mol. The van der Waals surface area contributed by atoms with Crippen LogP contribution in [-0.2, 0) is 4.74 Å². The second-order valence-corrected chi connectivity index (χ2v) is 7.89. The number of fused-ring (bicyclic) bond motifs is 1. The minimum absolute atomic E-state index is 0.0198. The molecule has 3 aromatic rings. The van der Waals surface area contributed by atoms with Crippen LogP contribution in [0.15, 0.2) is 35.1 Å². The van der Waals surface area contributed by atoms with Gasteiger partial charge in [0.2, 0.25) is 0 Å². The van der Waals surface area contributed by atoms with Crippen molar-refractivity contribution in [2.45, 2.75) is 45.7 Å². The Morgan fingerprint density at radius 2 is 2.10 bits per heavy atom. The fraction of sp³-hybridized carbons (Fsp3) is 0.455. The maximum Gasteiger partial charge on any atom is 0.409 e. The zero-order valence-electron chi connectivity index (χ0n) is 18.0. The third-order valence-electron chi connectivity index (χ3n) is 5.43. The van der Waals surface area contributed by atoms with Crippen LogP contribution in [0.4, 0.5) is 4.79 Å². The fourth-order valence-corrected chi connectivity index (χ4v) is 3.82. The van der Waals surface area contributed by atoms with Gasteiger partial charge in [-0.05, 0) is 51.8 Å². The van der Waals surface area contributed by atoms with Crippen LogP contribution in [0, 0.1) is 0 Å². The molecule has 164 valence electrons.